The maximum atomic E-state index is 5.94. The Morgan fingerprint density at radius 2 is 1.92 bits per heavy atom. The molecule has 1 fully saturated rings. The smallest absolute Gasteiger partial charge is 0.00510 e. The molecule has 1 saturated heterocycles. The fraction of sp³-hybridized carbons (Fsp3) is 1.00. The van der Waals surface area contributed by atoms with Gasteiger partial charge >= 0.3 is 0 Å². The lowest BCUT2D eigenvalue weighted by Crippen LogP contribution is -2.37. The van der Waals surface area contributed by atoms with Gasteiger partial charge in [0.1, 0.15) is 0 Å². The van der Waals surface area contributed by atoms with E-state index in [9.17, 15) is 0 Å². The van der Waals surface area contributed by atoms with Gasteiger partial charge in [-0.1, -0.05) is 6.42 Å². The largest absolute Gasteiger partial charge is 0.328 e. The summed E-state index contributed by atoms with van der Waals surface area (Å²) in [5, 5.41) is 0. The highest BCUT2D eigenvalue weighted by atomic mass is 15.1. The van der Waals surface area contributed by atoms with Crippen LogP contribution in [-0.2, 0) is 0 Å². The summed E-state index contributed by atoms with van der Waals surface area (Å²) in [4.78, 5) is 2.54. The van der Waals surface area contributed by atoms with Gasteiger partial charge in [0.05, 0.1) is 0 Å². The minimum atomic E-state index is 0.451. The van der Waals surface area contributed by atoms with E-state index in [2.05, 4.69) is 18.7 Å². The Labute approximate surface area is 76.1 Å². The molecule has 1 atom stereocenters. The molecule has 1 heterocycles. The highest BCUT2D eigenvalue weighted by molar-refractivity contribution is 4.71. The van der Waals surface area contributed by atoms with Crippen molar-refractivity contribution in [3.05, 3.63) is 0 Å². The minimum Gasteiger partial charge on any atom is -0.328 e. The number of hydrogen-bond donors (Lipinski definition) is 1. The van der Waals surface area contributed by atoms with Crippen LogP contribution in [0.25, 0.3) is 0 Å². The zero-order valence-electron chi connectivity index (χ0n) is 8.42. The second-order valence-corrected chi connectivity index (χ2v) is 4.17. The number of nitrogens with zero attached hydrogens (tertiary/aromatic N) is 1. The van der Waals surface area contributed by atoms with Crippen LogP contribution in [0, 0.1) is 0 Å². The van der Waals surface area contributed by atoms with Crippen molar-refractivity contribution in [2.24, 2.45) is 5.73 Å². The molecule has 12 heavy (non-hydrogen) atoms. The van der Waals surface area contributed by atoms with E-state index in [0.29, 0.717) is 12.1 Å². The molecule has 1 aliphatic heterocycles. The molecule has 0 aromatic carbocycles. The Balaban J connectivity index is 2.34. The molecule has 0 bridgehead atoms. The van der Waals surface area contributed by atoms with E-state index in [0.717, 1.165) is 0 Å². The van der Waals surface area contributed by atoms with Crippen molar-refractivity contribution in [1.29, 1.82) is 0 Å². The zero-order valence-corrected chi connectivity index (χ0v) is 8.42. The normalized spacial score (nSPS) is 28.5. The third-order valence-electron chi connectivity index (χ3n) is 2.79. The number of hydrogen-bond acceptors (Lipinski definition) is 2. The van der Waals surface area contributed by atoms with Crippen LogP contribution in [0.4, 0.5) is 0 Å². The van der Waals surface area contributed by atoms with Crippen molar-refractivity contribution in [2.45, 2.75) is 51.6 Å². The number of likely N-dealkylation sites (tertiary alicyclic amines) is 1. The fourth-order valence-corrected chi connectivity index (χ4v) is 1.83. The van der Waals surface area contributed by atoms with Crippen LogP contribution in [0.15, 0.2) is 0 Å². The molecule has 1 unspecified atom stereocenters. The Morgan fingerprint density at radius 1 is 1.17 bits per heavy atom. The third-order valence-corrected chi connectivity index (χ3v) is 2.79. The van der Waals surface area contributed by atoms with Crippen LogP contribution in [-0.4, -0.2) is 30.1 Å². The second kappa shape index (κ2) is 4.83. The van der Waals surface area contributed by atoms with Crippen molar-refractivity contribution < 1.29 is 0 Å². The molecular weight excluding hydrogens is 148 g/mol. The summed E-state index contributed by atoms with van der Waals surface area (Å²) >= 11 is 0. The number of nitrogens with two attached hydrogens (primary N) is 1. The van der Waals surface area contributed by atoms with Crippen molar-refractivity contribution in [1.82, 2.24) is 4.90 Å². The van der Waals surface area contributed by atoms with Gasteiger partial charge in [-0.2, -0.15) is 0 Å². The first-order valence-corrected chi connectivity index (χ1v) is 5.20. The predicted octanol–water partition coefficient (Wildman–Crippen LogP) is 1.60. The molecule has 2 N–H and O–H groups in total. The Morgan fingerprint density at radius 3 is 2.58 bits per heavy atom. The molecule has 0 aromatic heterocycles. The van der Waals surface area contributed by atoms with Crippen molar-refractivity contribution >= 4 is 0 Å². The topological polar surface area (TPSA) is 29.3 Å². The molecular formula is C10H22N2. The van der Waals surface area contributed by atoms with Crippen LogP contribution >= 0.6 is 0 Å². The third kappa shape index (κ3) is 3.11. The Bertz CT molecular complexity index is 123. The maximum absolute atomic E-state index is 5.94. The molecule has 0 spiro atoms. The Hall–Kier alpha value is -0.0800. The summed E-state index contributed by atoms with van der Waals surface area (Å²) in [7, 11) is 0. The summed E-state index contributed by atoms with van der Waals surface area (Å²) in [5.74, 6) is 0. The molecule has 2 nitrogen and oxygen atoms in total. The van der Waals surface area contributed by atoms with Gasteiger partial charge in [0, 0.05) is 12.1 Å². The van der Waals surface area contributed by atoms with Gasteiger partial charge in [-0.15, -0.1) is 0 Å². The molecule has 1 rings (SSSR count). The fourth-order valence-electron chi connectivity index (χ4n) is 1.83. The van der Waals surface area contributed by atoms with E-state index in [-0.39, 0.29) is 0 Å². The van der Waals surface area contributed by atoms with Gasteiger partial charge in [-0.25, -0.2) is 0 Å². The van der Waals surface area contributed by atoms with E-state index in [1.165, 1.54) is 38.8 Å². The summed E-state index contributed by atoms with van der Waals surface area (Å²) in [6, 6.07) is 1.14. The predicted molar refractivity (Wildman–Crippen MR) is 53.2 cm³/mol. The molecule has 0 amide bonds. The van der Waals surface area contributed by atoms with Crippen LogP contribution < -0.4 is 5.73 Å². The van der Waals surface area contributed by atoms with Gasteiger partial charge in [0.15, 0.2) is 0 Å². The maximum Gasteiger partial charge on any atom is 0.00510 e. The van der Waals surface area contributed by atoms with Crippen molar-refractivity contribution in [2.75, 3.05) is 13.1 Å². The zero-order chi connectivity index (χ0) is 8.97. The van der Waals surface area contributed by atoms with Crippen LogP contribution in [0.1, 0.15) is 39.5 Å². The van der Waals surface area contributed by atoms with Gasteiger partial charge in [0.25, 0.3) is 0 Å². The van der Waals surface area contributed by atoms with Crippen molar-refractivity contribution in [3.63, 3.8) is 0 Å². The highest BCUT2D eigenvalue weighted by Gasteiger charge is 2.14. The van der Waals surface area contributed by atoms with E-state index >= 15 is 0 Å². The lowest BCUT2D eigenvalue weighted by atomic mass is 10.0. The average Bonchev–Trinajstić information content (AvgIpc) is 1.97. The molecule has 0 aromatic rings. The molecule has 72 valence electrons. The summed E-state index contributed by atoms with van der Waals surface area (Å²) in [5.41, 5.74) is 5.94. The quantitative estimate of drug-likeness (QED) is 0.647. The molecule has 1 aliphatic rings. The average molecular weight is 170 g/mol. The SMILES string of the molecule is CC(C)N1CCCCC(N)CC1. The summed E-state index contributed by atoms with van der Waals surface area (Å²) < 4.78 is 0. The van der Waals surface area contributed by atoms with Crippen LogP contribution in [0.2, 0.25) is 0 Å². The van der Waals surface area contributed by atoms with Crippen molar-refractivity contribution in [3.8, 4) is 0 Å². The summed E-state index contributed by atoms with van der Waals surface area (Å²) in [6.45, 7) is 7.00. The van der Waals surface area contributed by atoms with Crippen LogP contribution in [0.3, 0.4) is 0 Å². The lowest BCUT2D eigenvalue weighted by Gasteiger charge is -2.29. The van der Waals surface area contributed by atoms with Gasteiger partial charge in [0.2, 0.25) is 0 Å². The van der Waals surface area contributed by atoms with E-state index in [1.807, 2.05) is 0 Å². The van der Waals surface area contributed by atoms with Gasteiger partial charge in [-0.3, -0.25) is 0 Å². The Kier molecular flexibility index (Phi) is 4.02. The van der Waals surface area contributed by atoms with Gasteiger partial charge < -0.3 is 10.6 Å². The first-order valence-electron chi connectivity index (χ1n) is 5.20. The van der Waals surface area contributed by atoms with E-state index < -0.39 is 0 Å². The first kappa shape index (κ1) is 10.0. The summed E-state index contributed by atoms with van der Waals surface area (Å²) in [6.07, 6.45) is 5.04. The standard InChI is InChI=1S/C10H22N2/c1-9(2)12-7-4-3-5-10(11)6-8-12/h9-10H,3-8,11H2,1-2H3. The first-order chi connectivity index (χ1) is 5.70. The monoisotopic (exact) mass is 170 g/mol. The van der Waals surface area contributed by atoms with Crippen LogP contribution in [0.5, 0.6) is 0 Å². The van der Waals surface area contributed by atoms with Gasteiger partial charge in [-0.05, 0) is 46.2 Å². The highest BCUT2D eigenvalue weighted by Crippen LogP contribution is 2.11. The lowest BCUT2D eigenvalue weighted by molar-refractivity contribution is 0.195. The number of rotatable bonds is 1. The molecule has 0 radical (unpaired) electrons. The second-order valence-electron chi connectivity index (χ2n) is 4.17. The van der Waals surface area contributed by atoms with E-state index in [1.54, 1.807) is 0 Å². The minimum absolute atomic E-state index is 0.451. The molecule has 0 aliphatic carbocycles. The molecule has 0 saturated carbocycles. The van der Waals surface area contributed by atoms with E-state index in [4.69, 9.17) is 5.73 Å². The molecule has 2 heteroatoms.